The highest BCUT2D eigenvalue weighted by atomic mass is 15.2. The molecular weight excluding hydrogens is 224 g/mol. The van der Waals surface area contributed by atoms with E-state index < -0.39 is 0 Å². The molecular formula is C14H22N4. The van der Waals surface area contributed by atoms with Crippen molar-refractivity contribution in [1.82, 2.24) is 14.5 Å². The Labute approximate surface area is 108 Å². The van der Waals surface area contributed by atoms with Crippen molar-refractivity contribution in [3.8, 4) is 0 Å². The zero-order valence-corrected chi connectivity index (χ0v) is 11.4. The van der Waals surface area contributed by atoms with E-state index in [1.807, 2.05) is 6.07 Å². The molecule has 0 saturated carbocycles. The van der Waals surface area contributed by atoms with Crippen LogP contribution in [0.2, 0.25) is 0 Å². The van der Waals surface area contributed by atoms with E-state index in [0.717, 1.165) is 24.3 Å². The zero-order chi connectivity index (χ0) is 13.1. The third kappa shape index (κ3) is 2.40. The quantitative estimate of drug-likeness (QED) is 0.878. The summed E-state index contributed by atoms with van der Waals surface area (Å²) in [6, 6.07) is 8.60. The second kappa shape index (κ2) is 5.50. The number of para-hydroxylation sites is 2. The first-order valence-corrected chi connectivity index (χ1v) is 6.46. The minimum absolute atomic E-state index is 0.301. The van der Waals surface area contributed by atoms with Gasteiger partial charge < -0.3 is 10.3 Å². The fraction of sp³-hybridized carbons (Fsp3) is 0.500. The Hall–Kier alpha value is -1.39. The van der Waals surface area contributed by atoms with Crippen molar-refractivity contribution >= 4 is 11.0 Å². The van der Waals surface area contributed by atoms with Crippen LogP contribution in [0.5, 0.6) is 0 Å². The van der Waals surface area contributed by atoms with Gasteiger partial charge in [-0.2, -0.15) is 0 Å². The van der Waals surface area contributed by atoms with Gasteiger partial charge in [0.1, 0.15) is 5.82 Å². The molecule has 1 atom stereocenters. The van der Waals surface area contributed by atoms with Crippen molar-refractivity contribution in [2.24, 2.45) is 5.73 Å². The van der Waals surface area contributed by atoms with Gasteiger partial charge in [0.15, 0.2) is 0 Å². The molecule has 0 aliphatic rings. The fourth-order valence-corrected chi connectivity index (χ4v) is 2.13. The highest BCUT2D eigenvalue weighted by Gasteiger charge is 2.17. The summed E-state index contributed by atoms with van der Waals surface area (Å²) in [6.07, 6.45) is 0.980. The van der Waals surface area contributed by atoms with Crippen molar-refractivity contribution in [3.05, 3.63) is 30.1 Å². The Morgan fingerprint density at radius 3 is 2.72 bits per heavy atom. The normalized spacial score (nSPS) is 13.4. The number of aryl methyl sites for hydroxylation is 1. The summed E-state index contributed by atoms with van der Waals surface area (Å²) in [5.74, 6) is 1.12. The lowest BCUT2D eigenvalue weighted by molar-refractivity contribution is 0.301. The smallest absolute Gasteiger partial charge is 0.126 e. The van der Waals surface area contributed by atoms with Gasteiger partial charge in [0.2, 0.25) is 0 Å². The van der Waals surface area contributed by atoms with Crippen molar-refractivity contribution < 1.29 is 0 Å². The summed E-state index contributed by atoms with van der Waals surface area (Å²) in [7, 11) is 4.16. The molecule has 98 valence electrons. The van der Waals surface area contributed by atoms with E-state index >= 15 is 0 Å². The lowest BCUT2D eigenvalue weighted by atomic mass is 10.3. The number of benzene rings is 1. The Kier molecular flexibility index (Phi) is 3.99. The van der Waals surface area contributed by atoms with Gasteiger partial charge in [-0.25, -0.2) is 4.98 Å². The van der Waals surface area contributed by atoms with Crippen molar-refractivity contribution in [2.45, 2.75) is 25.9 Å². The molecule has 0 aliphatic carbocycles. The predicted octanol–water partition coefficient (Wildman–Crippen LogP) is 2.01. The molecule has 0 fully saturated rings. The molecule has 1 aromatic heterocycles. The monoisotopic (exact) mass is 246 g/mol. The number of hydrogen-bond acceptors (Lipinski definition) is 3. The molecule has 2 N–H and O–H groups in total. The molecule has 18 heavy (non-hydrogen) atoms. The number of fused-ring (bicyclic) bond motifs is 1. The molecule has 0 radical (unpaired) electrons. The Balaban J connectivity index is 2.49. The van der Waals surface area contributed by atoms with Crippen molar-refractivity contribution in [2.75, 3.05) is 20.6 Å². The Morgan fingerprint density at radius 1 is 1.33 bits per heavy atom. The number of rotatable bonds is 5. The first-order chi connectivity index (χ1) is 8.65. The van der Waals surface area contributed by atoms with Gasteiger partial charge >= 0.3 is 0 Å². The van der Waals surface area contributed by atoms with Gasteiger partial charge in [0.05, 0.1) is 17.1 Å². The third-order valence-electron chi connectivity index (χ3n) is 3.42. The maximum absolute atomic E-state index is 5.63. The third-order valence-corrected chi connectivity index (χ3v) is 3.42. The topological polar surface area (TPSA) is 47.1 Å². The van der Waals surface area contributed by atoms with Crippen molar-refractivity contribution in [3.63, 3.8) is 0 Å². The lowest BCUT2D eigenvalue weighted by Gasteiger charge is -2.20. The van der Waals surface area contributed by atoms with E-state index in [9.17, 15) is 0 Å². The molecule has 0 bridgehead atoms. The first-order valence-electron chi connectivity index (χ1n) is 6.46. The summed E-state index contributed by atoms with van der Waals surface area (Å²) in [5.41, 5.74) is 7.90. The Bertz CT molecular complexity index is 515. The van der Waals surface area contributed by atoms with Crippen LogP contribution in [0.4, 0.5) is 0 Å². The summed E-state index contributed by atoms with van der Waals surface area (Å²) < 4.78 is 2.30. The average molecular weight is 246 g/mol. The molecule has 2 aromatic rings. The highest BCUT2D eigenvalue weighted by molar-refractivity contribution is 5.76. The van der Waals surface area contributed by atoms with Crippen LogP contribution in [0.25, 0.3) is 11.0 Å². The van der Waals surface area contributed by atoms with Gasteiger partial charge in [0, 0.05) is 6.54 Å². The molecule has 2 rings (SSSR count). The fourth-order valence-electron chi connectivity index (χ4n) is 2.13. The van der Waals surface area contributed by atoms with Gasteiger partial charge in [-0.3, -0.25) is 4.90 Å². The van der Waals surface area contributed by atoms with Gasteiger partial charge in [0.25, 0.3) is 0 Å². The van der Waals surface area contributed by atoms with E-state index in [-0.39, 0.29) is 0 Å². The van der Waals surface area contributed by atoms with Crippen LogP contribution in [0.15, 0.2) is 24.3 Å². The van der Waals surface area contributed by atoms with Crippen molar-refractivity contribution in [1.29, 1.82) is 0 Å². The molecule has 0 amide bonds. The summed E-state index contributed by atoms with van der Waals surface area (Å²) in [5, 5.41) is 0. The van der Waals surface area contributed by atoms with Crippen LogP contribution in [0, 0.1) is 0 Å². The zero-order valence-electron chi connectivity index (χ0n) is 11.4. The summed E-state index contributed by atoms with van der Waals surface area (Å²) in [4.78, 5) is 6.95. The standard InChI is InChI=1S/C14H22N4/c1-11(17(2)3)14-16-12-7-4-5-8-13(12)18(14)10-6-9-15/h4-5,7-8,11H,6,9-10,15H2,1-3H3. The second-order valence-electron chi connectivity index (χ2n) is 4.89. The molecule has 1 heterocycles. The SMILES string of the molecule is CC(c1nc2ccccc2n1CCCN)N(C)C. The maximum atomic E-state index is 5.63. The van der Waals surface area contributed by atoms with Gasteiger partial charge in [-0.1, -0.05) is 12.1 Å². The van der Waals surface area contributed by atoms with Crippen LogP contribution < -0.4 is 5.73 Å². The minimum atomic E-state index is 0.301. The number of aromatic nitrogens is 2. The molecule has 0 aliphatic heterocycles. The second-order valence-corrected chi connectivity index (χ2v) is 4.89. The molecule has 1 unspecified atom stereocenters. The van der Waals surface area contributed by atoms with Crippen LogP contribution in [-0.2, 0) is 6.54 Å². The van der Waals surface area contributed by atoms with E-state index in [2.05, 4.69) is 48.7 Å². The number of nitrogens with two attached hydrogens (primary N) is 1. The summed E-state index contributed by atoms with van der Waals surface area (Å²) >= 11 is 0. The first kappa shape index (κ1) is 13.1. The molecule has 4 heteroatoms. The molecule has 0 saturated heterocycles. The Morgan fingerprint density at radius 2 is 2.06 bits per heavy atom. The molecule has 4 nitrogen and oxygen atoms in total. The lowest BCUT2D eigenvalue weighted by Crippen LogP contribution is -2.21. The molecule has 0 spiro atoms. The van der Waals surface area contributed by atoms with Crippen LogP contribution in [0.1, 0.15) is 25.2 Å². The predicted molar refractivity (Wildman–Crippen MR) is 75.5 cm³/mol. The average Bonchev–Trinajstić information content (AvgIpc) is 2.73. The highest BCUT2D eigenvalue weighted by Crippen LogP contribution is 2.23. The van der Waals surface area contributed by atoms with E-state index in [4.69, 9.17) is 10.7 Å². The number of nitrogens with zero attached hydrogens (tertiary/aromatic N) is 3. The van der Waals surface area contributed by atoms with Crippen LogP contribution >= 0.6 is 0 Å². The van der Waals surface area contributed by atoms with E-state index in [1.54, 1.807) is 0 Å². The summed E-state index contributed by atoms with van der Waals surface area (Å²) in [6.45, 7) is 3.83. The minimum Gasteiger partial charge on any atom is -0.330 e. The maximum Gasteiger partial charge on any atom is 0.126 e. The number of imidazole rings is 1. The van der Waals surface area contributed by atoms with Gasteiger partial charge in [-0.15, -0.1) is 0 Å². The largest absolute Gasteiger partial charge is 0.330 e. The van der Waals surface area contributed by atoms with Gasteiger partial charge in [-0.05, 0) is 46.1 Å². The van der Waals surface area contributed by atoms with Crippen LogP contribution in [0.3, 0.4) is 0 Å². The number of hydrogen-bond donors (Lipinski definition) is 1. The van der Waals surface area contributed by atoms with E-state index in [1.165, 1.54) is 5.52 Å². The van der Waals surface area contributed by atoms with Crippen LogP contribution in [-0.4, -0.2) is 35.1 Å². The van der Waals surface area contributed by atoms with E-state index in [0.29, 0.717) is 12.6 Å². The molecule has 1 aromatic carbocycles.